The molecule has 2 aliphatic heterocycles. The van der Waals surface area contributed by atoms with E-state index in [1.165, 1.54) is 35.1 Å². The minimum absolute atomic E-state index is 0.450. The first-order valence-corrected chi connectivity index (χ1v) is 8.30. The zero-order valence-electron chi connectivity index (χ0n) is 13.0. The predicted octanol–water partition coefficient (Wildman–Crippen LogP) is 4.64. The van der Waals surface area contributed by atoms with Crippen molar-refractivity contribution >= 4 is 11.9 Å². The standard InChI is InChI=1S/C20H22N2/c1-14-13-22-20-12-18(6-7-19(14)20)16-4-2-15(3-5-16)17-8-10-21-11-9-17/h2-7,12-14,17,21H,8-11H2,1H3. The van der Waals surface area contributed by atoms with Crippen LogP contribution in [0.1, 0.15) is 42.7 Å². The quantitative estimate of drug-likeness (QED) is 0.856. The van der Waals surface area contributed by atoms with Crippen LogP contribution >= 0.6 is 0 Å². The van der Waals surface area contributed by atoms with Gasteiger partial charge in [-0.05, 0) is 60.2 Å². The lowest BCUT2D eigenvalue weighted by atomic mass is 9.89. The maximum atomic E-state index is 4.53. The predicted molar refractivity (Wildman–Crippen MR) is 93.3 cm³/mol. The van der Waals surface area contributed by atoms with Crippen molar-refractivity contribution in [3.8, 4) is 11.1 Å². The SMILES string of the molecule is CC1C=Nc2cc(-c3ccc(C4CCNCC4)cc3)ccc21. The molecule has 0 saturated carbocycles. The third-order valence-corrected chi connectivity index (χ3v) is 5.01. The van der Waals surface area contributed by atoms with Crippen molar-refractivity contribution in [3.63, 3.8) is 0 Å². The van der Waals surface area contributed by atoms with Gasteiger partial charge >= 0.3 is 0 Å². The minimum atomic E-state index is 0.450. The first-order chi connectivity index (χ1) is 10.8. The molecule has 112 valence electrons. The highest BCUT2D eigenvalue weighted by atomic mass is 14.9. The Morgan fingerprint density at radius 2 is 1.68 bits per heavy atom. The number of nitrogens with one attached hydrogen (secondary N) is 1. The van der Waals surface area contributed by atoms with E-state index in [1.54, 1.807) is 0 Å². The summed E-state index contributed by atoms with van der Waals surface area (Å²) < 4.78 is 0. The van der Waals surface area contributed by atoms with E-state index in [2.05, 4.69) is 59.7 Å². The molecule has 1 N–H and O–H groups in total. The van der Waals surface area contributed by atoms with Gasteiger partial charge in [-0.25, -0.2) is 0 Å². The Labute approximate surface area is 132 Å². The highest BCUT2D eigenvalue weighted by molar-refractivity contribution is 5.82. The average Bonchev–Trinajstić information content (AvgIpc) is 2.96. The lowest BCUT2D eigenvalue weighted by Crippen LogP contribution is -2.26. The zero-order chi connectivity index (χ0) is 14.9. The summed E-state index contributed by atoms with van der Waals surface area (Å²) in [4.78, 5) is 4.53. The van der Waals surface area contributed by atoms with Gasteiger partial charge in [0, 0.05) is 12.1 Å². The third-order valence-electron chi connectivity index (χ3n) is 5.01. The van der Waals surface area contributed by atoms with Gasteiger partial charge in [0.25, 0.3) is 0 Å². The third kappa shape index (κ3) is 2.48. The molecule has 2 heteroatoms. The van der Waals surface area contributed by atoms with E-state index in [0.29, 0.717) is 5.92 Å². The van der Waals surface area contributed by atoms with Gasteiger partial charge < -0.3 is 5.32 Å². The van der Waals surface area contributed by atoms with Crippen molar-refractivity contribution in [2.75, 3.05) is 13.1 Å². The summed E-state index contributed by atoms with van der Waals surface area (Å²) in [5.41, 5.74) is 6.51. The fourth-order valence-corrected chi connectivity index (χ4v) is 3.60. The Morgan fingerprint density at radius 1 is 0.955 bits per heavy atom. The van der Waals surface area contributed by atoms with Crippen LogP contribution in [-0.2, 0) is 0 Å². The van der Waals surface area contributed by atoms with Crippen LogP contribution < -0.4 is 5.32 Å². The van der Waals surface area contributed by atoms with Crippen LogP contribution in [0.5, 0.6) is 0 Å². The molecule has 4 rings (SSSR count). The van der Waals surface area contributed by atoms with Crippen LogP contribution in [0.3, 0.4) is 0 Å². The van der Waals surface area contributed by atoms with E-state index in [4.69, 9.17) is 0 Å². The summed E-state index contributed by atoms with van der Waals surface area (Å²) >= 11 is 0. The number of fused-ring (bicyclic) bond motifs is 1. The molecule has 1 unspecified atom stereocenters. The van der Waals surface area contributed by atoms with Gasteiger partial charge in [-0.3, -0.25) is 4.99 Å². The molecule has 0 spiro atoms. The van der Waals surface area contributed by atoms with Gasteiger partial charge in [0.1, 0.15) is 0 Å². The Morgan fingerprint density at radius 3 is 2.45 bits per heavy atom. The summed E-state index contributed by atoms with van der Waals surface area (Å²) in [5.74, 6) is 1.17. The zero-order valence-corrected chi connectivity index (χ0v) is 13.0. The largest absolute Gasteiger partial charge is 0.317 e. The number of rotatable bonds is 2. The Balaban J connectivity index is 1.59. The molecule has 1 atom stereocenters. The number of piperidine rings is 1. The lowest BCUT2D eigenvalue weighted by Gasteiger charge is -2.23. The molecular formula is C20H22N2. The fraction of sp³-hybridized carbons (Fsp3) is 0.350. The molecule has 0 radical (unpaired) electrons. The number of hydrogen-bond donors (Lipinski definition) is 1. The average molecular weight is 290 g/mol. The summed E-state index contributed by atoms with van der Waals surface area (Å²) in [7, 11) is 0. The number of nitrogens with zero attached hydrogens (tertiary/aromatic N) is 1. The van der Waals surface area contributed by atoms with E-state index in [9.17, 15) is 0 Å². The van der Waals surface area contributed by atoms with Crippen LogP contribution in [0.2, 0.25) is 0 Å². The van der Waals surface area contributed by atoms with Gasteiger partial charge in [-0.1, -0.05) is 43.3 Å². The van der Waals surface area contributed by atoms with E-state index >= 15 is 0 Å². The second-order valence-electron chi connectivity index (χ2n) is 6.49. The highest BCUT2D eigenvalue weighted by Gasteiger charge is 2.16. The van der Waals surface area contributed by atoms with Crippen LogP contribution in [-0.4, -0.2) is 19.3 Å². The first kappa shape index (κ1) is 13.7. The van der Waals surface area contributed by atoms with Crippen molar-refractivity contribution in [2.24, 2.45) is 4.99 Å². The normalized spacial score (nSPS) is 21.0. The fourth-order valence-electron chi connectivity index (χ4n) is 3.60. The van der Waals surface area contributed by atoms with Gasteiger partial charge in [0.05, 0.1) is 5.69 Å². The Hall–Kier alpha value is -1.93. The van der Waals surface area contributed by atoms with E-state index in [-0.39, 0.29) is 0 Å². The molecule has 1 saturated heterocycles. The highest BCUT2D eigenvalue weighted by Crippen LogP contribution is 2.36. The van der Waals surface area contributed by atoms with Crippen molar-refractivity contribution in [1.29, 1.82) is 0 Å². The monoisotopic (exact) mass is 290 g/mol. The van der Waals surface area contributed by atoms with E-state index in [1.807, 2.05) is 6.21 Å². The van der Waals surface area contributed by atoms with E-state index in [0.717, 1.165) is 24.7 Å². The molecule has 0 bridgehead atoms. The van der Waals surface area contributed by atoms with Crippen LogP contribution in [0.4, 0.5) is 5.69 Å². The van der Waals surface area contributed by atoms with Crippen LogP contribution in [0.25, 0.3) is 11.1 Å². The van der Waals surface area contributed by atoms with Gasteiger partial charge in [-0.2, -0.15) is 0 Å². The minimum Gasteiger partial charge on any atom is -0.317 e. The summed E-state index contributed by atoms with van der Waals surface area (Å²) in [6.07, 6.45) is 4.55. The number of hydrogen-bond acceptors (Lipinski definition) is 2. The van der Waals surface area contributed by atoms with Gasteiger partial charge in [0.2, 0.25) is 0 Å². The lowest BCUT2D eigenvalue weighted by molar-refractivity contribution is 0.460. The summed E-state index contributed by atoms with van der Waals surface area (Å²) in [5, 5.41) is 3.44. The first-order valence-electron chi connectivity index (χ1n) is 8.30. The number of benzene rings is 2. The molecule has 2 aromatic rings. The molecule has 2 nitrogen and oxygen atoms in total. The van der Waals surface area contributed by atoms with Crippen LogP contribution in [0, 0.1) is 0 Å². The Bertz CT molecular complexity index is 694. The molecule has 22 heavy (non-hydrogen) atoms. The van der Waals surface area contributed by atoms with Crippen molar-refractivity contribution in [1.82, 2.24) is 5.32 Å². The maximum absolute atomic E-state index is 4.53. The second-order valence-corrected chi connectivity index (χ2v) is 6.49. The maximum Gasteiger partial charge on any atom is 0.0670 e. The molecular weight excluding hydrogens is 268 g/mol. The van der Waals surface area contributed by atoms with Gasteiger partial charge in [-0.15, -0.1) is 0 Å². The molecule has 2 aromatic carbocycles. The second kappa shape index (κ2) is 5.69. The van der Waals surface area contributed by atoms with E-state index < -0.39 is 0 Å². The number of aliphatic imine (C=N–C) groups is 1. The van der Waals surface area contributed by atoms with Crippen molar-refractivity contribution in [3.05, 3.63) is 53.6 Å². The molecule has 0 aliphatic carbocycles. The molecule has 2 heterocycles. The Kier molecular flexibility index (Phi) is 3.55. The smallest absolute Gasteiger partial charge is 0.0670 e. The topological polar surface area (TPSA) is 24.4 Å². The molecule has 2 aliphatic rings. The molecule has 0 amide bonds. The van der Waals surface area contributed by atoms with Crippen LogP contribution in [0.15, 0.2) is 47.5 Å². The summed E-state index contributed by atoms with van der Waals surface area (Å²) in [6.45, 7) is 4.49. The molecule has 0 aromatic heterocycles. The summed E-state index contributed by atoms with van der Waals surface area (Å²) in [6, 6.07) is 15.8. The van der Waals surface area contributed by atoms with Gasteiger partial charge in [0.15, 0.2) is 0 Å². The molecule has 1 fully saturated rings. The van der Waals surface area contributed by atoms with Crippen molar-refractivity contribution in [2.45, 2.75) is 31.6 Å². The van der Waals surface area contributed by atoms with Crippen molar-refractivity contribution < 1.29 is 0 Å².